The minimum atomic E-state index is -0.264. The maximum Gasteiger partial charge on any atom is 0.409 e. The minimum Gasteiger partial charge on any atom is -0.456 e. The lowest BCUT2D eigenvalue weighted by Crippen LogP contribution is -2.33. The molecule has 1 aromatic heterocycles. The molecular weight excluding hydrogens is 340 g/mol. The standard InChI is InChI=1S/C22H22N2O3/c1-2-26-22(25)24-14-12-18-20(13-15-24)23-19-11-7-6-10-17(19)21(18)27-16-8-4-3-5-9-16/h3-11H,2,12-15H2,1H3. The summed E-state index contributed by atoms with van der Waals surface area (Å²) in [5, 5.41) is 0.990. The Bertz CT molecular complexity index is 956. The van der Waals surface area contributed by atoms with Gasteiger partial charge in [-0.25, -0.2) is 4.79 Å². The second-order valence-electron chi connectivity index (χ2n) is 6.48. The quantitative estimate of drug-likeness (QED) is 0.684. The van der Waals surface area contributed by atoms with Crippen LogP contribution in [0.5, 0.6) is 11.5 Å². The lowest BCUT2D eigenvalue weighted by molar-refractivity contribution is 0.109. The molecule has 2 heterocycles. The van der Waals surface area contributed by atoms with Gasteiger partial charge in [0, 0.05) is 36.2 Å². The molecule has 1 amide bonds. The van der Waals surface area contributed by atoms with Gasteiger partial charge in [-0.3, -0.25) is 4.98 Å². The van der Waals surface area contributed by atoms with Gasteiger partial charge < -0.3 is 14.4 Å². The number of fused-ring (bicyclic) bond motifs is 2. The van der Waals surface area contributed by atoms with E-state index in [1.54, 1.807) is 4.90 Å². The topological polar surface area (TPSA) is 51.7 Å². The maximum atomic E-state index is 12.2. The Morgan fingerprint density at radius 3 is 2.59 bits per heavy atom. The van der Waals surface area contributed by atoms with E-state index in [1.165, 1.54) is 0 Å². The van der Waals surface area contributed by atoms with Gasteiger partial charge in [-0.2, -0.15) is 0 Å². The van der Waals surface area contributed by atoms with Gasteiger partial charge in [0.2, 0.25) is 0 Å². The number of carbonyl (C=O) groups is 1. The van der Waals surface area contributed by atoms with Gasteiger partial charge in [-0.1, -0.05) is 30.3 Å². The molecule has 0 atom stereocenters. The van der Waals surface area contributed by atoms with E-state index < -0.39 is 0 Å². The number of hydrogen-bond donors (Lipinski definition) is 0. The fourth-order valence-corrected chi connectivity index (χ4v) is 3.45. The van der Waals surface area contributed by atoms with E-state index in [9.17, 15) is 4.79 Å². The van der Waals surface area contributed by atoms with Gasteiger partial charge in [0.05, 0.1) is 12.1 Å². The number of ether oxygens (including phenoxy) is 2. The van der Waals surface area contributed by atoms with Crippen LogP contribution in [-0.4, -0.2) is 35.7 Å². The number of pyridine rings is 1. The zero-order valence-electron chi connectivity index (χ0n) is 15.4. The van der Waals surface area contributed by atoms with Crippen LogP contribution in [0.3, 0.4) is 0 Å². The monoisotopic (exact) mass is 362 g/mol. The summed E-state index contributed by atoms with van der Waals surface area (Å²) in [5.41, 5.74) is 2.97. The first-order valence-corrected chi connectivity index (χ1v) is 9.31. The maximum absolute atomic E-state index is 12.2. The molecule has 4 rings (SSSR count). The van der Waals surface area contributed by atoms with Gasteiger partial charge in [-0.05, 0) is 37.6 Å². The molecule has 0 saturated carbocycles. The first-order valence-electron chi connectivity index (χ1n) is 9.31. The summed E-state index contributed by atoms with van der Waals surface area (Å²) in [6.45, 7) is 3.40. The van der Waals surface area contributed by atoms with Crippen LogP contribution in [0.15, 0.2) is 54.6 Å². The number of aromatic nitrogens is 1. The number of amides is 1. The van der Waals surface area contributed by atoms with E-state index in [1.807, 2.05) is 61.5 Å². The fourth-order valence-electron chi connectivity index (χ4n) is 3.45. The summed E-state index contributed by atoms with van der Waals surface area (Å²) in [6, 6.07) is 17.8. The predicted octanol–water partition coefficient (Wildman–Crippen LogP) is 4.58. The van der Waals surface area contributed by atoms with Crippen LogP contribution in [0.25, 0.3) is 10.9 Å². The van der Waals surface area contributed by atoms with Gasteiger partial charge in [-0.15, -0.1) is 0 Å². The summed E-state index contributed by atoms with van der Waals surface area (Å²) in [6.07, 6.45) is 1.11. The second-order valence-corrected chi connectivity index (χ2v) is 6.48. The highest BCUT2D eigenvalue weighted by Crippen LogP contribution is 2.36. The SMILES string of the molecule is CCOC(=O)N1CCc2nc3ccccc3c(Oc3ccccc3)c2CC1. The van der Waals surface area contributed by atoms with Crippen molar-refractivity contribution in [3.05, 3.63) is 65.9 Å². The van der Waals surface area contributed by atoms with Crippen molar-refractivity contribution in [2.75, 3.05) is 19.7 Å². The predicted molar refractivity (Wildman–Crippen MR) is 104 cm³/mol. The largest absolute Gasteiger partial charge is 0.456 e. The Hall–Kier alpha value is -3.08. The van der Waals surface area contributed by atoms with Gasteiger partial charge in [0.15, 0.2) is 0 Å². The van der Waals surface area contributed by atoms with Crippen molar-refractivity contribution in [2.45, 2.75) is 19.8 Å². The van der Waals surface area contributed by atoms with Crippen molar-refractivity contribution in [2.24, 2.45) is 0 Å². The molecule has 0 saturated heterocycles. The Kier molecular flexibility index (Phi) is 4.92. The highest BCUT2D eigenvalue weighted by molar-refractivity contribution is 5.87. The summed E-state index contributed by atoms with van der Waals surface area (Å²) in [7, 11) is 0. The molecule has 0 bridgehead atoms. The first-order chi connectivity index (χ1) is 13.3. The molecule has 27 heavy (non-hydrogen) atoms. The summed E-state index contributed by atoms with van der Waals surface area (Å²) < 4.78 is 11.5. The van der Waals surface area contributed by atoms with E-state index >= 15 is 0 Å². The average molecular weight is 362 g/mol. The van der Waals surface area contributed by atoms with Crippen LogP contribution >= 0.6 is 0 Å². The van der Waals surface area contributed by atoms with Crippen LogP contribution in [0, 0.1) is 0 Å². The van der Waals surface area contributed by atoms with E-state index in [0.717, 1.165) is 33.7 Å². The van der Waals surface area contributed by atoms with E-state index in [2.05, 4.69) is 0 Å². The van der Waals surface area contributed by atoms with Crippen molar-refractivity contribution in [1.82, 2.24) is 9.88 Å². The lowest BCUT2D eigenvalue weighted by atomic mass is 10.0. The van der Waals surface area contributed by atoms with Crippen LogP contribution in [0.1, 0.15) is 18.2 Å². The molecule has 1 aliphatic rings. The third-order valence-corrected chi connectivity index (χ3v) is 4.77. The molecule has 1 aliphatic heterocycles. The minimum absolute atomic E-state index is 0.264. The molecule has 0 aliphatic carbocycles. The number of benzene rings is 2. The summed E-state index contributed by atoms with van der Waals surface area (Å²) in [5.74, 6) is 1.63. The normalized spacial score (nSPS) is 13.7. The lowest BCUT2D eigenvalue weighted by Gasteiger charge is -2.19. The van der Waals surface area contributed by atoms with Crippen molar-refractivity contribution in [3.8, 4) is 11.5 Å². The second kappa shape index (κ2) is 7.66. The van der Waals surface area contributed by atoms with Crippen molar-refractivity contribution < 1.29 is 14.3 Å². The zero-order valence-corrected chi connectivity index (χ0v) is 15.4. The molecule has 0 unspecified atom stereocenters. The van der Waals surface area contributed by atoms with Crippen molar-refractivity contribution in [1.29, 1.82) is 0 Å². The van der Waals surface area contributed by atoms with Crippen LogP contribution in [0.4, 0.5) is 4.79 Å². The number of nitrogens with zero attached hydrogens (tertiary/aromatic N) is 2. The zero-order chi connectivity index (χ0) is 18.6. The molecule has 2 aromatic carbocycles. The average Bonchev–Trinajstić information content (AvgIpc) is 2.91. The van der Waals surface area contributed by atoms with E-state index in [-0.39, 0.29) is 6.09 Å². The van der Waals surface area contributed by atoms with Crippen LogP contribution in [-0.2, 0) is 17.6 Å². The highest BCUT2D eigenvalue weighted by Gasteiger charge is 2.24. The van der Waals surface area contributed by atoms with E-state index in [4.69, 9.17) is 14.5 Å². The molecule has 5 nitrogen and oxygen atoms in total. The number of para-hydroxylation sites is 2. The van der Waals surface area contributed by atoms with Gasteiger partial charge in [0.1, 0.15) is 11.5 Å². The first kappa shape index (κ1) is 17.3. The molecule has 138 valence electrons. The Balaban J connectivity index is 1.75. The van der Waals surface area contributed by atoms with Crippen LogP contribution < -0.4 is 4.74 Å². The summed E-state index contributed by atoms with van der Waals surface area (Å²) in [4.78, 5) is 18.8. The third kappa shape index (κ3) is 3.58. The Morgan fingerprint density at radius 1 is 1.04 bits per heavy atom. The van der Waals surface area contributed by atoms with Crippen molar-refractivity contribution >= 4 is 17.0 Å². The highest BCUT2D eigenvalue weighted by atomic mass is 16.6. The Labute approximate surface area is 158 Å². The molecule has 0 N–H and O–H groups in total. The van der Waals surface area contributed by atoms with Gasteiger partial charge in [0.25, 0.3) is 0 Å². The molecule has 3 aromatic rings. The number of rotatable bonds is 3. The smallest absolute Gasteiger partial charge is 0.409 e. The molecular formula is C22H22N2O3. The molecule has 0 fully saturated rings. The van der Waals surface area contributed by atoms with Crippen molar-refractivity contribution in [3.63, 3.8) is 0 Å². The van der Waals surface area contributed by atoms with Gasteiger partial charge >= 0.3 is 6.09 Å². The fraction of sp³-hybridized carbons (Fsp3) is 0.273. The number of hydrogen-bond acceptors (Lipinski definition) is 4. The molecule has 0 radical (unpaired) electrons. The molecule has 0 spiro atoms. The molecule has 5 heteroatoms. The third-order valence-electron chi connectivity index (χ3n) is 4.77. The van der Waals surface area contributed by atoms with Crippen LogP contribution in [0.2, 0.25) is 0 Å². The van der Waals surface area contributed by atoms with E-state index in [0.29, 0.717) is 32.5 Å². The summed E-state index contributed by atoms with van der Waals surface area (Å²) >= 11 is 0. The Morgan fingerprint density at radius 2 is 1.78 bits per heavy atom. The number of carbonyl (C=O) groups excluding carboxylic acids is 1.